The fraction of sp³-hybridized carbons (Fsp3) is 0.357. The van der Waals surface area contributed by atoms with E-state index in [0.717, 1.165) is 30.6 Å². The lowest BCUT2D eigenvalue weighted by atomic mass is 10.00. The van der Waals surface area contributed by atoms with Gasteiger partial charge in [0.1, 0.15) is 18.9 Å². The number of nitrogens with zero attached hydrogens (tertiary/aromatic N) is 2. The fourth-order valence-corrected chi connectivity index (χ4v) is 5.77. The maximum absolute atomic E-state index is 13.7. The number of hydrogen-bond donors (Lipinski definition) is 0. The molecule has 0 saturated carbocycles. The number of hydrogen-bond acceptors (Lipinski definition) is 5. The van der Waals surface area contributed by atoms with Gasteiger partial charge in [0.25, 0.3) is 5.91 Å². The van der Waals surface area contributed by atoms with Crippen molar-refractivity contribution < 1.29 is 19.1 Å². The molecule has 1 fully saturated rings. The topological polar surface area (TPSA) is 59.1 Å². The van der Waals surface area contributed by atoms with Gasteiger partial charge < -0.3 is 19.3 Å². The van der Waals surface area contributed by atoms with Crippen molar-refractivity contribution in [2.75, 3.05) is 32.8 Å². The van der Waals surface area contributed by atoms with Gasteiger partial charge in [0, 0.05) is 30.1 Å². The Labute approximate surface area is 210 Å². The zero-order valence-corrected chi connectivity index (χ0v) is 20.5. The number of carbonyl (C=O) groups excluding carboxylic acids is 2. The molecule has 182 valence electrons. The van der Waals surface area contributed by atoms with Crippen LogP contribution in [-0.4, -0.2) is 60.6 Å². The van der Waals surface area contributed by atoms with Crippen LogP contribution in [0.1, 0.15) is 39.7 Å². The number of carbonyl (C=O) groups is 2. The molecule has 0 aliphatic carbocycles. The molecule has 2 unspecified atom stereocenters. The molecule has 3 heterocycles. The van der Waals surface area contributed by atoms with Crippen LogP contribution >= 0.6 is 11.3 Å². The minimum Gasteiger partial charge on any atom is -0.491 e. The molecule has 1 saturated heterocycles. The largest absolute Gasteiger partial charge is 0.491 e. The van der Waals surface area contributed by atoms with Gasteiger partial charge in [-0.15, -0.1) is 11.3 Å². The Hall–Kier alpha value is -3.16. The molecule has 2 aliphatic heterocycles. The Kier molecular flexibility index (Phi) is 7.45. The summed E-state index contributed by atoms with van der Waals surface area (Å²) in [6.45, 7) is 2.13. The third-order valence-corrected chi connectivity index (χ3v) is 7.64. The maximum Gasteiger partial charge on any atom is 0.254 e. The third kappa shape index (κ3) is 5.57. The van der Waals surface area contributed by atoms with E-state index < -0.39 is 0 Å². The summed E-state index contributed by atoms with van der Waals surface area (Å²) >= 11 is 1.73. The second kappa shape index (κ2) is 11.1. The molecule has 2 aliphatic rings. The standard InChI is InChI=1S/C28H30N2O4S/c31-27(19-29(18-23-12-7-16-33-23)28(32)21-8-3-1-4-9-21)30-15-13-26-24(14-17-35-26)25(30)20-34-22-10-5-2-6-11-22/h1-6,8-11,14,17,23,25H,7,12-13,15-16,18-20H2. The quantitative estimate of drug-likeness (QED) is 0.464. The molecule has 5 rings (SSSR count). The van der Waals surface area contributed by atoms with Crippen molar-refractivity contribution in [3.63, 3.8) is 0 Å². The van der Waals surface area contributed by atoms with Crippen molar-refractivity contribution in [1.82, 2.24) is 9.80 Å². The van der Waals surface area contributed by atoms with Crippen molar-refractivity contribution in [2.24, 2.45) is 0 Å². The Bertz CT molecular complexity index is 1130. The highest BCUT2D eigenvalue weighted by Crippen LogP contribution is 2.34. The van der Waals surface area contributed by atoms with Gasteiger partial charge in [-0.2, -0.15) is 0 Å². The molecule has 0 radical (unpaired) electrons. The van der Waals surface area contributed by atoms with Crippen molar-refractivity contribution in [2.45, 2.75) is 31.4 Å². The summed E-state index contributed by atoms with van der Waals surface area (Å²) in [5.41, 5.74) is 1.73. The van der Waals surface area contributed by atoms with Gasteiger partial charge in [0.2, 0.25) is 5.91 Å². The molecular formula is C28H30N2O4S. The van der Waals surface area contributed by atoms with Crippen LogP contribution in [0.2, 0.25) is 0 Å². The van der Waals surface area contributed by atoms with Crippen LogP contribution in [-0.2, 0) is 16.0 Å². The van der Waals surface area contributed by atoms with Gasteiger partial charge in [0.15, 0.2) is 0 Å². The van der Waals surface area contributed by atoms with Gasteiger partial charge in [-0.3, -0.25) is 9.59 Å². The number of para-hydroxylation sites is 1. The highest BCUT2D eigenvalue weighted by atomic mass is 32.1. The minimum atomic E-state index is -0.186. The van der Waals surface area contributed by atoms with Gasteiger partial charge in [-0.1, -0.05) is 36.4 Å². The highest BCUT2D eigenvalue weighted by molar-refractivity contribution is 7.10. The number of benzene rings is 2. The molecule has 0 spiro atoms. The highest BCUT2D eigenvalue weighted by Gasteiger charge is 2.34. The Morgan fingerprint density at radius 1 is 1.06 bits per heavy atom. The SMILES string of the molecule is O=C(c1ccccc1)N(CC(=O)N1CCc2sccc2C1COc1ccccc1)CC1CCCO1. The lowest BCUT2D eigenvalue weighted by Gasteiger charge is -2.37. The van der Waals surface area contributed by atoms with Crippen LogP contribution < -0.4 is 4.74 Å². The Morgan fingerprint density at radius 2 is 1.83 bits per heavy atom. The van der Waals surface area contributed by atoms with Crippen LogP contribution in [0.3, 0.4) is 0 Å². The van der Waals surface area contributed by atoms with Crippen LogP contribution in [0.15, 0.2) is 72.1 Å². The molecule has 6 nitrogen and oxygen atoms in total. The van der Waals surface area contributed by atoms with Crippen molar-refractivity contribution in [1.29, 1.82) is 0 Å². The van der Waals surface area contributed by atoms with E-state index >= 15 is 0 Å². The molecule has 2 amide bonds. The van der Waals surface area contributed by atoms with E-state index in [-0.39, 0.29) is 30.5 Å². The van der Waals surface area contributed by atoms with Crippen LogP contribution in [0.5, 0.6) is 5.75 Å². The minimum absolute atomic E-state index is 0.0227. The Morgan fingerprint density at radius 3 is 2.57 bits per heavy atom. The van der Waals surface area contributed by atoms with Gasteiger partial charge in [-0.25, -0.2) is 0 Å². The molecule has 1 aromatic heterocycles. The normalized spacial score (nSPS) is 19.3. The molecule has 0 N–H and O–H groups in total. The zero-order chi connectivity index (χ0) is 24.0. The third-order valence-electron chi connectivity index (χ3n) is 6.65. The average molecular weight is 491 g/mol. The van der Waals surface area contributed by atoms with Crippen LogP contribution in [0.25, 0.3) is 0 Å². The zero-order valence-electron chi connectivity index (χ0n) is 19.7. The van der Waals surface area contributed by atoms with E-state index in [0.29, 0.717) is 31.9 Å². The molecule has 35 heavy (non-hydrogen) atoms. The summed E-state index contributed by atoms with van der Waals surface area (Å²) in [6.07, 6.45) is 2.68. The van der Waals surface area contributed by atoms with Crippen molar-refractivity contribution in [3.05, 3.63) is 88.1 Å². The number of ether oxygens (including phenoxy) is 2. The first-order valence-corrected chi connectivity index (χ1v) is 13.1. The Balaban J connectivity index is 1.34. The molecule has 2 atom stereocenters. The average Bonchev–Trinajstić information content (AvgIpc) is 3.60. The summed E-state index contributed by atoms with van der Waals surface area (Å²) in [7, 11) is 0. The lowest BCUT2D eigenvalue weighted by molar-refractivity contribution is -0.135. The molecule has 7 heteroatoms. The van der Waals surface area contributed by atoms with E-state index in [4.69, 9.17) is 9.47 Å². The monoisotopic (exact) mass is 490 g/mol. The van der Waals surface area contributed by atoms with E-state index in [1.54, 1.807) is 28.4 Å². The van der Waals surface area contributed by atoms with E-state index in [1.165, 1.54) is 4.88 Å². The molecule has 0 bridgehead atoms. The summed E-state index contributed by atoms with van der Waals surface area (Å²) in [4.78, 5) is 31.9. The number of rotatable bonds is 8. The second-order valence-corrected chi connectivity index (χ2v) is 9.96. The number of amides is 2. The lowest BCUT2D eigenvalue weighted by Crippen LogP contribution is -2.49. The predicted octanol–water partition coefficient (Wildman–Crippen LogP) is 4.57. The number of thiophene rings is 1. The second-order valence-electron chi connectivity index (χ2n) is 8.96. The van der Waals surface area contributed by atoms with E-state index in [2.05, 4.69) is 11.4 Å². The number of fused-ring (bicyclic) bond motifs is 1. The van der Waals surface area contributed by atoms with Crippen LogP contribution in [0, 0.1) is 0 Å². The van der Waals surface area contributed by atoms with Crippen molar-refractivity contribution >= 4 is 23.2 Å². The smallest absolute Gasteiger partial charge is 0.254 e. The summed E-state index contributed by atoms with van der Waals surface area (Å²) in [5, 5.41) is 2.08. The van der Waals surface area contributed by atoms with E-state index in [1.807, 2.05) is 53.4 Å². The molecule has 2 aromatic carbocycles. The summed E-state index contributed by atoms with van der Waals surface area (Å²) in [5.74, 6) is 0.576. The van der Waals surface area contributed by atoms with Crippen molar-refractivity contribution in [3.8, 4) is 5.75 Å². The van der Waals surface area contributed by atoms with Gasteiger partial charge in [0.05, 0.1) is 12.1 Å². The first kappa shape index (κ1) is 23.6. The first-order valence-electron chi connectivity index (χ1n) is 12.2. The van der Waals surface area contributed by atoms with Gasteiger partial charge in [-0.05, 0) is 60.5 Å². The van der Waals surface area contributed by atoms with Gasteiger partial charge >= 0.3 is 0 Å². The summed E-state index contributed by atoms with van der Waals surface area (Å²) in [6, 6.07) is 20.7. The molecular weight excluding hydrogens is 460 g/mol. The maximum atomic E-state index is 13.7. The predicted molar refractivity (Wildman–Crippen MR) is 136 cm³/mol. The molecule has 3 aromatic rings. The fourth-order valence-electron chi connectivity index (χ4n) is 4.84. The van der Waals surface area contributed by atoms with E-state index in [9.17, 15) is 9.59 Å². The summed E-state index contributed by atoms with van der Waals surface area (Å²) < 4.78 is 11.9. The van der Waals surface area contributed by atoms with Crippen LogP contribution in [0.4, 0.5) is 0 Å². The first-order chi connectivity index (χ1) is 17.2.